The van der Waals surface area contributed by atoms with Crippen LogP contribution < -0.4 is 0 Å². The van der Waals surface area contributed by atoms with Crippen molar-refractivity contribution in [2.24, 2.45) is 0 Å². The minimum absolute atomic E-state index is 0.782. The van der Waals surface area contributed by atoms with E-state index in [9.17, 15) is 0 Å². The highest BCUT2D eigenvalue weighted by atomic mass is 28.3. The average molecular weight is 155 g/mol. The van der Waals surface area contributed by atoms with Crippen molar-refractivity contribution in [1.82, 2.24) is 4.90 Å². The largest absolute Gasteiger partial charge is 0.298 e. The van der Waals surface area contributed by atoms with Gasteiger partial charge in [0.25, 0.3) is 0 Å². The Bertz CT molecular complexity index is 129. The van der Waals surface area contributed by atoms with Crippen LogP contribution in [0, 0.1) is 12.3 Å². The van der Waals surface area contributed by atoms with Crippen LogP contribution in [0.3, 0.4) is 0 Å². The fourth-order valence-corrected chi connectivity index (χ4v) is 2.75. The molecule has 0 radical (unpaired) electrons. The fourth-order valence-electron chi connectivity index (χ4n) is 1.02. The maximum absolute atomic E-state index is 5.17. The first-order valence-corrected chi connectivity index (χ1v) is 7.28. The molecule has 0 aromatic carbocycles. The molecular weight excluding hydrogens is 138 g/mol. The van der Waals surface area contributed by atoms with E-state index in [0.717, 1.165) is 6.54 Å². The van der Waals surface area contributed by atoms with Gasteiger partial charge in [0.15, 0.2) is 0 Å². The molecule has 10 heavy (non-hydrogen) atoms. The van der Waals surface area contributed by atoms with Crippen molar-refractivity contribution in [3.8, 4) is 12.3 Å². The van der Waals surface area contributed by atoms with Gasteiger partial charge in [0.1, 0.15) is 0 Å². The predicted octanol–water partition coefficient (Wildman–Crippen LogP) is 1.43. The summed E-state index contributed by atoms with van der Waals surface area (Å²) < 4.78 is 0. The Morgan fingerprint density at radius 2 is 1.90 bits per heavy atom. The molecule has 0 heterocycles. The Morgan fingerprint density at radius 1 is 1.40 bits per heavy atom. The quantitative estimate of drug-likeness (QED) is 0.440. The summed E-state index contributed by atoms with van der Waals surface area (Å²) in [6.07, 6.45) is 6.36. The van der Waals surface area contributed by atoms with Crippen molar-refractivity contribution in [3.63, 3.8) is 0 Å². The summed E-state index contributed by atoms with van der Waals surface area (Å²) in [5.74, 6) is 2.64. The fraction of sp³-hybridized carbons (Fsp3) is 0.750. The third kappa shape index (κ3) is 5.87. The van der Waals surface area contributed by atoms with E-state index in [-0.39, 0.29) is 0 Å². The van der Waals surface area contributed by atoms with Gasteiger partial charge in [0.05, 0.1) is 14.6 Å². The second-order valence-corrected chi connectivity index (χ2v) is 9.37. The van der Waals surface area contributed by atoms with Crippen molar-refractivity contribution in [3.05, 3.63) is 0 Å². The standard InChI is InChI=1S/C8H17NSi/c1-6-7-9(2)8-10(3,4)5/h1H,7-8H2,2-5H3. The van der Waals surface area contributed by atoms with Crippen molar-refractivity contribution in [2.45, 2.75) is 19.6 Å². The first kappa shape index (κ1) is 9.74. The van der Waals surface area contributed by atoms with Gasteiger partial charge in [-0.1, -0.05) is 25.6 Å². The van der Waals surface area contributed by atoms with Crippen LogP contribution in [0.2, 0.25) is 19.6 Å². The Morgan fingerprint density at radius 3 is 2.20 bits per heavy atom. The lowest BCUT2D eigenvalue weighted by Gasteiger charge is -2.22. The molecule has 0 aromatic rings. The van der Waals surface area contributed by atoms with Gasteiger partial charge in [0, 0.05) is 0 Å². The van der Waals surface area contributed by atoms with Crippen molar-refractivity contribution < 1.29 is 0 Å². The number of terminal acetylenes is 1. The molecule has 0 aliphatic carbocycles. The van der Waals surface area contributed by atoms with Crippen molar-refractivity contribution in [2.75, 3.05) is 19.8 Å². The molecule has 0 fully saturated rings. The van der Waals surface area contributed by atoms with E-state index in [1.807, 2.05) is 0 Å². The molecule has 0 saturated carbocycles. The van der Waals surface area contributed by atoms with Crippen LogP contribution in [-0.2, 0) is 0 Å². The third-order valence-electron chi connectivity index (χ3n) is 1.11. The number of hydrogen-bond acceptors (Lipinski definition) is 1. The zero-order valence-corrected chi connectivity index (χ0v) is 8.44. The molecule has 0 unspecified atom stereocenters. The summed E-state index contributed by atoms with van der Waals surface area (Å²) in [6, 6.07) is 0. The van der Waals surface area contributed by atoms with Gasteiger partial charge in [-0.25, -0.2) is 0 Å². The molecule has 0 bridgehead atoms. The summed E-state index contributed by atoms with van der Waals surface area (Å²) in [4.78, 5) is 2.21. The SMILES string of the molecule is C#CCN(C)C[Si](C)(C)C. The highest BCUT2D eigenvalue weighted by Crippen LogP contribution is 2.01. The predicted molar refractivity (Wildman–Crippen MR) is 49.7 cm³/mol. The molecule has 0 atom stereocenters. The van der Waals surface area contributed by atoms with Crippen LogP contribution in [0.4, 0.5) is 0 Å². The number of nitrogens with zero attached hydrogens (tertiary/aromatic N) is 1. The van der Waals surface area contributed by atoms with E-state index in [1.54, 1.807) is 0 Å². The maximum Gasteiger partial charge on any atom is 0.0599 e. The molecule has 1 nitrogen and oxygen atoms in total. The van der Waals surface area contributed by atoms with Gasteiger partial charge < -0.3 is 0 Å². The van der Waals surface area contributed by atoms with E-state index >= 15 is 0 Å². The van der Waals surface area contributed by atoms with Gasteiger partial charge >= 0.3 is 0 Å². The molecule has 0 N–H and O–H groups in total. The lowest BCUT2D eigenvalue weighted by Crippen LogP contribution is -2.38. The summed E-state index contributed by atoms with van der Waals surface area (Å²) in [5, 5.41) is 0. The smallest absolute Gasteiger partial charge is 0.0599 e. The monoisotopic (exact) mass is 155 g/mol. The van der Waals surface area contributed by atoms with E-state index in [4.69, 9.17) is 6.42 Å². The summed E-state index contributed by atoms with van der Waals surface area (Å²) >= 11 is 0. The van der Waals surface area contributed by atoms with Gasteiger partial charge in [0.2, 0.25) is 0 Å². The molecule has 0 spiro atoms. The average Bonchev–Trinajstić information content (AvgIpc) is 1.59. The number of rotatable bonds is 3. The van der Waals surface area contributed by atoms with E-state index < -0.39 is 8.07 Å². The highest BCUT2D eigenvalue weighted by Gasteiger charge is 2.14. The minimum Gasteiger partial charge on any atom is -0.298 e. The molecule has 0 aliphatic heterocycles. The molecular formula is C8H17NSi. The maximum atomic E-state index is 5.17. The normalized spacial score (nSPS) is 11.6. The summed E-state index contributed by atoms with van der Waals surface area (Å²) in [7, 11) is 1.15. The topological polar surface area (TPSA) is 3.24 Å². The summed E-state index contributed by atoms with van der Waals surface area (Å²) in [5.41, 5.74) is 0. The lowest BCUT2D eigenvalue weighted by molar-refractivity contribution is 0.432. The highest BCUT2D eigenvalue weighted by molar-refractivity contribution is 6.76. The van der Waals surface area contributed by atoms with Crippen LogP contribution in [0.5, 0.6) is 0 Å². The Balaban J connectivity index is 3.60. The van der Waals surface area contributed by atoms with Gasteiger partial charge in [-0.15, -0.1) is 6.42 Å². The summed E-state index contributed by atoms with van der Waals surface area (Å²) in [6.45, 7) is 7.82. The first-order valence-electron chi connectivity index (χ1n) is 3.58. The number of hydrogen-bond donors (Lipinski definition) is 0. The zero-order chi connectivity index (χ0) is 8.20. The van der Waals surface area contributed by atoms with Crippen molar-refractivity contribution in [1.29, 1.82) is 0 Å². The van der Waals surface area contributed by atoms with Crippen LogP contribution in [0.15, 0.2) is 0 Å². The third-order valence-corrected chi connectivity index (χ3v) is 2.59. The molecule has 0 saturated heterocycles. The molecule has 58 valence electrons. The van der Waals surface area contributed by atoms with Gasteiger partial charge in [-0.2, -0.15) is 0 Å². The van der Waals surface area contributed by atoms with Gasteiger partial charge in [-0.05, 0) is 13.2 Å². The minimum atomic E-state index is -0.927. The van der Waals surface area contributed by atoms with E-state index in [0.29, 0.717) is 0 Å². The van der Waals surface area contributed by atoms with Gasteiger partial charge in [-0.3, -0.25) is 4.90 Å². The molecule has 0 aromatic heterocycles. The van der Waals surface area contributed by atoms with Crippen LogP contribution in [0.25, 0.3) is 0 Å². The first-order chi connectivity index (χ1) is 4.45. The Hall–Kier alpha value is -0.263. The Labute approximate surface area is 65.4 Å². The zero-order valence-electron chi connectivity index (χ0n) is 7.44. The second kappa shape index (κ2) is 3.80. The lowest BCUT2D eigenvalue weighted by atomic mass is 10.6. The second-order valence-electron chi connectivity index (χ2n) is 3.94. The van der Waals surface area contributed by atoms with E-state index in [2.05, 4.69) is 37.5 Å². The molecule has 2 heteroatoms. The Kier molecular flexibility index (Phi) is 3.70. The van der Waals surface area contributed by atoms with Crippen LogP contribution >= 0.6 is 0 Å². The van der Waals surface area contributed by atoms with Crippen molar-refractivity contribution >= 4 is 8.07 Å². The molecule has 0 rings (SSSR count). The molecule has 0 amide bonds. The molecule has 0 aliphatic rings. The van der Waals surface area contributed by atoms with E-state index in [1.165, 1.54) is 6.17 Å². The van der Waals surface area contributed by atoms with Crippen LogP contribution in [-0.4, -0.2) is 32.7 Å². The van der Waals surface area contributed by atoms with Crippen LogP contribution in [0.1, 0.15) is 0 Å².